The fourth-order valence-corrected chi connectivity index (χ4v) is 4.99. The molecule has 0 saturated carbocycles. The van der Waals surface area contributed by atoms with E-state index in [1.165, 1.54) is 43.8 Å². The SMILES string of the molecule is C=CC(C)=Nc1c2ccccc2c(-n2c3ccccc3c3ccccc32)c2cc(C)ccc12. The van der Waals surface area contributed by atoms with E-state index >= 15 is 0 Å². The zero-order valence-electron chi connectivity index (χ0n) is 18.8. The summed E-state index contributed by atoms with van der Waals surface area (Å²) in [6, 6.07) is 32.7. The first-order chi connectivity index (χ1) is 16.2. The maximum atomic E-state index is 5.00. The highest BCUT2D eigenvalue weighted by molar-refractivity contribution is 6.20. The Labute approximate surface area is 193 Å². The summed E-state index contributed by atoms with van der Waals surface area (Å²) in [4.78, 5) is 5.00. The lowest BCUT2D eigenvalue weighted by Gasteiger charge is -2.18. The van der Waals surface area contributed by atoms with Gasteiger partial charge in [-0.25, -0.2) is 0 Å². The highest BCUT2D eigenvalue weighted by Gasteiger charge is 2.19. The summed E-state index contributed by atoms with van der Waals surface area (Å²) in [6.45, 7) is 8.08. The molecule has 6 aromatic rings. The lowest BCUT2D eigenvalue weighted by atomic mass is 9.96. The van der Waals surface area contributed by atoms with Crippen molar-refractivity contribution in [3.8, 4) is 5.69 Å². The molecule has 0 unspecified atom stereocenters. The van der Waals surface area contributed by atoms with Crippen molar-refractivity contribution in [2.75, 3.05) is 0 Å². The van der Waals surface area contributed by atoms with E-state index in [-0.39, 0.29) is 0 Å². The van der Waals surface area contributed by atoms with Crippen molar-refractivity contribution in [1.29, 1.82) is 0 Å². The standard InChI is InChI=1S/C31H24N2/c1-4-21(3)32-30-24-13-5-6-14-26(24)31(27-19-20(2)17-18-25(27)30)33-28-15-9-7-11-22(28)23-12-8-10-16-29(23)33/h4-19H,1H2,2-3H3. The summed E-state index contributed by atoms with van der Waals surface area (Å²) >= 11 is 0. The van der Waals surface area contributed by atoms with Crippen LogP contribution in [0.3, 0.4) is 0 Å². The average Bonchev–Trinajstić information content (AvgIpc) is 3.18. The topological polar surface area (TPSA) is 17.3 Å². The van der Waals surface area contributed by atoms with Gasteiger partial charge in [0, 0.05) is 38.0 Å². The summed E-state index contributed by atoms with van der Waals surface area (Å²) in [5.74, 6) is 0. The Hall–Kier alpha value is -4.17. The number of hydrogen-bond acceptors (Lipinski definition) is 1. The van der Waals surface area contributed by atoms with Crippen LogP contribution in [0.25, 0.3) is 49.0 Å². The monoisotopic (exact) mass is 424 g/mol. The molecule has 0 aliphatic heterocycles. The van der Waals surface area contributed by atoms with Crippen molar-refractivity contribution in [3.63, 3.8) is 0 Å². The second kappa shape index (κ2) is 7.46. The number of aliphatic imine (C=N–C) groups is 1. The van der Waals surface area contributed by atoms with E-state index in [9.17, 15) is 0 Å². The van der Waals surface area contributed by atoms with Crippen LogP contribution in [0.2, 0.25) is 0 Å². The van der Waals surface area contributed by atoms with Gasteiger partial charge in [-0.2, -0.15) is 0 Å². The Morgan fingerprint density at radius 2 is 1.24 bits per heavy atom. The molecule has 0 aliphatic carbocycles. The van der Waals surface area contributed by atoms with Gasteiger partial charge in [0.25, 0.3) is 0 Å². The van der Waals surface area contributed by atoms with Crippen molar-refractivity contribution >= 4 is 54.7 Å². The number of allylic oxidation sites excluding steroid dienone is 1. The molecule has 6 rings (SSSR count). The van der Waals surface area contributed by atoms with Gasteiger partial charge in [0.1, 0.15) is 0 Å². The van der Waals surface area contributed by atoms with E-state index in [1.54, 1.807) is 0 Å². The largest absolute Gasteiger partial charge is 0.308 e. The van der Waals surface area contributed by atoms with Gasteiger partial charge in [-0.3, -0.25) is 4.99 Å². The normalized spacial score (nSPS) is 12.2. The zero-order valence-corrected chi connectivity index (χ0v) is 18.8. The van der Waals surface area contributed by atoms with E-state index in [1.807, 2.05) is 13.0 Å². The Kier molecular flexibility index (Phi) is 4.41. The van der Waals surface area contributed by atoms with Crippen molar-refractivity contribution in [1.82, 2.24) is 4.57 Å². The van der Waals surface area contributed by atoms with E-state index in [4.69, 9.17) is 4.99 Å². The van der Waals surface area contributed by atoms with Gasteiger partial charge in [-0.1, -0.05) is 84.9 Å². The van der Waals surface area contributed by atoms with E-state index in [0.29, 0.717) is 0 Å². The highest BCUT2D eigenvalue weighted by Crippen LogP contribution is 2.43. The van der Waals surface area contributed by atoms with E-state index in [2.05, 4.69) is 109 Å². The molecule has 0 N–H and O–H groups in total. The molecule has 1 aromatic heterocycles. The van der Waals surface area contributed by atoms with Gasteiger partial charge in [-0.05, 0) is 38.1 Å². The quantitative estimate of drug-likeness (QED) is 0.200. The van der Waals surface area contributed by atoms with Crippen molar-refractivity contribution < 1.29 is 0 Å². The van der Waals surface area contributed by atoms with Crippen LogP contribution in [0.5, 0.6) is 0 Å². The number of para-hydroxylation sites is 2. The van der Waals surface area contributed by atoms with Gasteiger partial charge in [0.15, 0.2) is 0 Å². The van der Waals surface area contributed by atoms with Crippen molar-refractivity contribution in [2.24, 2.45) is 4.99 Å². The van der Waals surface area contributed by atoms with Crippen LogP contribution >= 0.6 is 0 Å². The summed E-state index contributed by atoms with van der Waals surface area (Å²) in [7, 11) is 0. The molecule has 0 bridgehead atoms. The molecular weight excluding hydrogens is 400 g/mol. The maximum absolute atomic E-state index is 5.00. The fourth-order valence-electron chi connectivity index (χ4n) is 4.99. The first-order valence-corrected chi connectivity index (χ1v) is 11.3. The zero-order chi connectivity index (χ0) is 22.5. The average molecular weight is 425 g/mol. The minimum Gasteiger partial charge on any atom is -0.308 e. The third-order valence-corrected chi connectivity index (χ3v) is 6.51. The van der Waals surface area contributed by atoms with Gasteiger partial charge < -0.3 is 4.57 Å². The van der Waals surface area contributed by atoms with Gasteiger partial charge >= 0.3 is 0 Å². The molecule has 0 fully saturated rings. The van der Waals surface area contributed by atoms with Crippen molar-refractivity contribution in [2.45, 2.75) is 13.8 Å². The van der Waals surface area contributed by atoms with Crippen LogP contribution in [0.15, 0.2) is 109 Å². The molecule has 2 heteroatoms. The second-order valence-corrected chi connectivity index (χ2v) is 8.62. The minimum atomic E-state index is 0.909. The molecule has 0 aliphatic rings. The number of benzene rings is 5. The first kappa shape index (κ1) is 19.5. The van der Waals surface area contributed by atoms with Gasteiger partial charge in [0.2, 0.25) is 0 Å². The van der Waals surface area contributed by atoms with Crippen LogP contribution in [0.1, 0.15) is 12.5 Å². The van der Waals surface area contributed by atoms with Gasteiger partial charge in [0.05, 0.1) is 22.4 Å². The number of hydrogen-bond donors (Lipinski definition) is 0. The Balaban J connectivity index is 1.91. The van der Waals surface area contributed by atoms with Crippen LogP contribution in [0, 0.1) is 6.92 Å². The highest BCUT2D eigenvalue weighted by atomic mass is 15.0. The molecule has 0 saturated heterocycles. The van der Waals surface area contributed by atoms with E-state index < -0.39 is 0 Å². The number of rotatable bonds is 3. The Morgan fingerprint density at radius 1 is 0.697 bits per heavy atom. The summed E-state index contributed by atoms with van der Waals surface area (Å²) in [5, 5.41) is 7.22. The van der Waals surface area contributed by atoms with Crippen LogP contribution in [-0.4, -0.2) is 10.3 Å². The molecule has 2 nitrogen and oxygen atoms in total. The molecule has 0 amide bonds. The van der Waals surface area contributed by atoms with Crippen molar-refractivity contribution in [3.05, 3.63) is 109 Å². The minimum absolute atomic E-state index is 0.909. The summed E-state index contributed by atoms with van der Waals surface area (Å²) < 4.78 is 2.43. The maximum Gasteiger partial charge on any atom is 0.0791 e. The van der Waals surface area contributed by atoms with Crippen LogP contribution in [0.4, 0.5) is 5.69 Å². The molecule has 158 valence electrons. The molecule has 0 atom stereocenters. The molecule has 5 aromatic carbocycles. The molecular formula is C31H24N2. The Bertz CT molecular complexity index is 1690. The lowest BCUT2D eigenvalue weighted by Crippen LogP contribution is -1.98. The molecule has 0 spiro atoms. The number of fused-ring (bicyclic) bond motifs is 5. The number of aromatic nitrogens is 1. The first-order valence-electron chi connectivity index (χ1n) is 11.3. The van der Waals surface area contributed by atoms with Gasteiger partial charge in [-0.15, -0.1) is 0 Å². The molecule has 0 radical (unpaired) electrons. The second-order valence-electron chi connectivity index (χ2n) is 8.62. The predicted molar refractivity (Wildman–Crippen MR) is 143 cm³/mol. The summed E-state index contributed by atoms with van der Waals surface area (Å²) in [5.41, 5.74) is 6.77. The fraction of sp³-hybridized carbons (Fsp3) is 0.0645. The summed E-state index contributed by atoms with van der Waals surface area (Å²) in [6.07, 6.45) is 1.82. The molecule has 1 heterocycles. The molecule has 33 heavy (non-hydrogen) atoms. The third kappa shape index (κ3) is 2.91. The number of aryl methyl sites for hydroxylation is 1. The number of nitrogens with zero attached hydrogens (tertiary/aromatic N) is 2. The van der Waals surface area contributed by atoms with Crippen LogP contribution in [-0.2, 0) is 0 Å². The van der Waals surface area contributed by atoms with E-state index in [0.717, 1.165) is 22.2 Å². The Morgan fingerprint density at radius 3 is 1.88 bits per heavy atom. The predicted octanol–water partition coefficient (Wildman–Crippen LogP) is 8.68. The third-order valence-electron chi connectivity index (χ3n) is 6.51. The van der Waals surface area contributed by atoms with Crippen LogP contribution < -0.4 is 0 Å². The lowest BCUT2D eigenvalue weighted by molar-refractivity contribution is 1.21. The smallest absolute Gasteiger partial charge is 0.0791 e.